The molecule has 1 atom stereocenters. The number of nitrogens with one attached hydrogen (secondary N) is 2. The first-order chi connectivity index (χ1) is 16.3. The molecule has 34 heavy (non-hydrogen) atoms. The first-order valence-electron chi connectivity index (χ1n) is 11.0. The number of hydrogen-bond donors (Lipinski definition) is 3. The van der Waals surface area contributed by atoms with Crippen LogP contribution in [0.25, 0.3) is 11.4 Å². The van der Waals surface area contributed by atoms with Gasteiger partial charge in [-0.25, -0.2) is 28.3 Å². The summed E-state index contributed by atoms with van der Waals surface area (Å²) < 4.78 is 30.1. The first kappa shape index (κ1) is 23.6. The quantitative estimate of drug-likeness (QED) is 0.607. The number of alkyl halides is 2. The van der Waals surface area contributed by atoms with E-state index in [2.05, 4.69) is 15.5 Å². The van der Waals surface area contributed by atoms with Gasteiger partial charge < -0.3 is 30.3 Å². The van der Waals surface area contributed by atoms with Gasteiger partial charge in [0, 0.05) is 36.3 Å². The van der Waals surface area contributed by atoms with Crippen molar-refractivity contribution in [2.45, 2.75) is 32.4 Å². The third-order valence-corrected chi connectivity index (χ3v) is 5.77. The maximum atomic E-state index is 12.2. The number of urea groups is 1. The fraction of sp³-hybridized carbons (Fsp3) is 0.455. The molecule has 0 bridgehead atoms. The molecule has 0 spiro atoms. The number of anilines is 2. The van der Waals surface area contributed by atoms with E-state index >= 15 is 0 Å². The average Bonchev–Trinajstić information content (AvgIpc) is 2.82. The number of carbonyl (C=O) groups excluding carboxylic acids is 1. The molecule has 182 valence electrons. The highest BCUT2D eigenvalue weighted by Gasteiger charge is 2.30. The van der Waals surface area contributed by atoms with Crippen LogP contribution in [0.5, 0.6) is 0 Å². The maximum absolute atomic E-state index is 12.2. The van der Waals surface area contributed by atoms with Crippen LogP contribution in [0, 0.1) is 0 Å². The van der Waals surface area contributed by atoms with Gasteiger partial charge in [0.2, 0.25) is 0 Å². The molecule has 2 aromatic rings. The molecule has 0 saturated carbocycles. The Balaban J connectivity index is 1.62. The summed E-state index contributed by atoms with van der Waals surface area (Å²) in [4.78, 5) is 36.3. The van der Waals surface area contributed by atoms with Crippen LogP contribution in [0.15, 0.2) is 24.3 Å². The maximum Gasteiger partial charge on any atom is 0.407 e. The summed E-state index contributed by atoms with van der Waals surface area (Å²) >= 11 is 0. The highest BCUT2D eigenvalue weighted by Crippen LogP contribution is 2.31. The number of rotatable bonds is 5. The van der Waals surface area contributed by atoms with E-state index in [9.17, 15) is 23.5 Å². The summed E-state index contributed by atoms with van der Waals surface area (Å²) in [5.74, 6) is 1.19. The number of carbonyl (C=O) groups is 2. The Bertz CT molecular complexity index is 1050. The van der Waals surface area contributed by atoms with Crippen molar-refractivity contribution < 1.29 is 28.2 Å². The smallest absolute Gasteiger partial charge is 0.407 e. The predicted molar refractivity (Wildman–Crippen MR) is 120 cm³/mol. The van der Waals surface area contributed by atoms with Crippen molar-refractivity contribution >= 4 is 23.6 Å². The Morgan fingerprint density at radius 3 is 2.68 bits per heavy atom. The molecule has 3 heterocycles. The molecular weight excluding hydrogens is 450 g/mol. The van der Waals surface area contributed by atoms with Gasteiger partial charge in [-0.2, -0.15) is 0 Å². The van der Waals surface area contributed by atoms with Crippen LogP contribution in [-0.4, -0.2) is 77.4 Å². The molecule has 3 amide bonds. The van der Waals surface area contributed by atoms with E-state index in [4.69, 9.17) is 14.7 Å². The van der Waals surface area contributed by atoms with Crippen molar-refractivity contribution in [2.24, 2.45) is 0 Å². The van der Waals surface area contributed by atoms with E-state index in [1.807, 2.05) is 6.92 Å². The summed E-state index contributed by atoms with van der Waals surface area (Å²) in [6.07, 6.45) is -3.12. The van der Waals surface area contributed by atoms with Crippen molar-refractivity contribution in [1.29, 1.82) is 0 Å². The van der Waals surface area contributed by atoms with Gasteiger partial charge in [-0.1, -0.05) is 0 Å². The number of amides is 3. The second-order valence-corrected chi connectivity index (χ2v) is 8.17. The normalized spacial score (nSPS) is 17.9. The molecule has 10 nitrogen and oxygen atoms in total. The van der Waals surface area contributed by atoms with E-state index < -0.39 is 25.1 Å². The minimum Gasteiger partial charge on any atom is -0.465 e. The summed E-state index contributed by atoms with van der Waals surface area (Å²) in [6.45, 7) is 3.61. The molecule has 0 aliphatic carbocycles. The van der Waals surface area contributed by atoms with Gasteiger partial charge in [0.05, 0.1) is 38.0 Å². The van der Waals surface area contributed by atoms with Gasteiger partial charge in [0.15, 0.2) is 5.82 Å². The van der Waals surface area contributed by atoms with Gasteiger partial charge in [-0.3, -0.25) is 0 Å². The first-order valence-corrected chi connectivity index (χ1v) is 11.0. The highest BCUT2D eigenvalue weighted by molar-refractivity contribution is 5.89. The number of hydrogen-bond acceptors (Lipinski definition) is 6. The Morgan fingerprint density at radius 1 is 1.24 bits per heavy atom. The van der Waals surface area contributed by atoms with Crippen molar-refractivity contribution in [1.82, 2.24) is 20.2 Å². The molecule has 1 saturated heterocycles. The molecule has 1 fully saturated rings. The van der Waals surface area contributed by atoms with E-state index in [0.29, 0.717) is 55.6 Å². The standard InChI is InChI=1S/C22H26F2N6O4/c1-13-12-34-9-8-30(13)20-16-11-29(22(32)33)7-6-17(16)27-19(28-20)14-2-4-15(5-3-14)26-21(31)25-10-18(23)24/h2-5,13,18H,6-12H2,1H3,(H,32,33)(H2,25,26,31). The minimum atomic E-state index is -2.62. The zero-order valence-electron chi connectivity index (χ0n) is 18.6. The van der Waals surface area contributed by atoms with Gasteiger partial charge in [0.25, 0.3) is 6.43 Å². The lowest BCUT2D eigenvalue weighted by atomic mass is 10.0. The van der Waals surface area contributed by atoms with Crippen LogP contribution in [-0.2, 0) is 17.7 Å². The van der Waals surface area contributed by atoms with Crippen LogP contribution in [0.3, 0.4) is 0 Å². The summed E-state index contributed by atoms with van der Waals surface area (Å²) in [7, 11) is 0. The number of benzene rings is 1. The van der Waals surface area contributed by atoms with Crippen LogP contribution >= 0.6 is 0 Å². The number of carboxylic acid groups (broad SMARTS) is 1. The number of morpholine rings is 1. The number of halogens is 2. The van der Waals surface area contributed by atoms with Crippen LogP contribution in [0.2, 0.25) is 0 Å². The largest absolute Gasteiger partial charge is 0.465 e. The fourth-order valence-electron chi connectivity index (χ4n) is 4.02. The van der Waals surface area contributed by atoms with Crippen LogP contribution < -0.4 is 15.5 Å². The Kier molecular flexibility index (Phi) is 7.06. The Morgan fingerprint density at radius 2 is 2.00 bits per heavy atom. The second-order valence-electron chi connectivity index (χ2n) is 8.17. The monoisotopic (exact) mass is 476 g/mol. The predicted octanol–water partition coefficient (Wildman–Crippen LogP) is 2.79. The molecule has 1 aromatic carbocycles. The zero-order chi connectivity index (χ0) is 24.2. The molecule has 0 radical (unpaired) electrons. The zero-order valence-corrected chi connectivity index (χ0v) is 18.6. The van der Waals surface area contributed by atoms with Crippen molar-refractivity contribution in [3.63, 3.8) is 0 Å². The lowest BCUT2D eigenvalue weighted by Crippen LogP contribution is -2.46. The van der Waals surface area contributed by atoms with Crippen LogP contribution in [0.1, 0.15) is 18.2 Å². The molecule has 2 aliphatic heterocycles. The highest BCUT2D eigenvalue weighted by atomic mass is 19.3. The van der Waals surface area contributed by atoms with E-state index in [1.165, 1.54) is 4.90 Å². The molecule has 1 unspecified atom stereocenters. The number of aromatic nitrogens is 2. The molecule has 2 aliphatic rings. The van der Waals surface area contributed by atoms with Gasteiger partial charge in [-0.05, 0) is 31.2 Å². The Labute approximate surface area is 194 Å². The molecule has 3 N–H and O–H groups in total. The average molecular weight is 476 g/mol. The lowest BCUT2D eigenvalue weighted by molar-refractivity contribution is 0.0981. The SMILES string of the molecule is CC1COCCN1c1nc(-c2ccc(NC(=O)NCC(F)F)cc2)nc2c1CN(C(=O)O)CC2. The Hall–Kier alpha value is -3.54. The van der Waals surface area contributed by atoms with Crippen molar-refractivity contribution in [3.05, 3.63) is 35.5 Å². The summed E-state index contributed by atoms with van der Waals surface area (Å²) in [5, 5.41) is 14.1. The fourth-order valence-corrected chi connectivity index (χ4v) is 4.02. The van der Waals surface area contributed by atoms with Crippen LogP contribution in [0.4, 0.5) is 29.9 Å². The van der Waals surface area contributed by atoms with Gasteiger partial charge in [0.1, 0.15) is 5.82 Å². The van der Waals surface area contributed by atoms with Crippen molar-refractivity contribution in [3.8, 4) is 11.4 Å². The number of fused-ring (bicyclic) bond motifs is 1. The van der Waals surface area contributed by atoms with Gasteiger partial charge in [-0.15, -0.1) is 0 Å². The van der Waals surface area contributed by atoms with Gasteiger partial charge >= 0.3 is 12.1 Å². The summed E-state index contributed by atoms with van der Waals surface area (Å²) in [6, 6.07) is 6.11. The molecule has 12 heteroatoms. The molecule has 4 rings (SSSR count). The van der Waals surface area contributed by atoms with E-state index in [-0.39, 0.29) is 12.6 Å². The topological polar surface area (TPSA) is 120 Å². The lowest BCUT2D eigenvalue weighted by Gasteiger charge is -2.37. The summed E-state index contributed by atoms with van der Waals surface area (Å²) in [5.41, 5.74) is 2.77. The van der Waals surface area contributed by atoms with E-state index in [1.54, 1.807) is 24.3 Å². The van der Waals surface area contributed by atoms with E-state index in [0.717, 1.165) is 11.3 Å². The van der Waals surface area contributed by atoms with Crippen molar-refractivity contribution in [2.75, 3.05) is 43.1 Å². The third kappa shape index (κ3) is 5.33. The minimum absolute atomic E-state index is 0.0686. The molecular formula is C22H26F2N6O4. The molecule has 1 aromatic heterocycles. The second kappa shape index (κ2) is 10.2. The number of ether oxygens (including phenoxy) is 1. The third-order valence-electron chi connectivity index (χ3n) is 5.77. The number of nitrogens with zero attached hydrogens (tertiary/aromatic N) is 4.